The van der Waals surface area contributed by atoms with Crippen LogP contribution in [0, 0.1) is 0 Å². The maximum absolute atomic E-state index is 5.50. The highest BCUT2D eigenvalue weighted by molar-refractivity contribution is 5.04. The van der Waals surface area contributed by atoms with Crippen LogP contribution in [0.5, 0.6) is 0 Å². The Balaban J connectivity index is 1.83. The van der Waals surface area contributed by atoms with Crippen molar-refractivity contribution in [2.45, 2.75) is 6.61 Å². The van der Waals surface area contributed by atoms with Gasteiger partial charge in [-0.2, -0.15) is 0 Å². The summed E-state index contributed by atoms with van der Waals surface area (Å²) in [4.78, 5) is 0. The fourth-order valence-electron chi connectivity index (χ4n) is 1.41. The van der Waals surface area contributed by atoms with Gasteiger partial charge in [-0.3, -0.25) is 0 Å². The fourth-order valence-corrected chi connectivity index (χ4v) is 1.41. The van der Waals surface area contributed by atoms with Gasteiger partial charge in [0, 0.05) is 26.0 Å². The van der Waals surface area contributed by atoms with Crippen molar-refractivity contribution in [3.8, 4) is 0 Å². The molecule has 5 heteroatoms. The van der Waals surface area contributed by atoms with E-state index in [0.717, 1.165) is 5.69 Å². The Labute approximate surface area is 109 Å². The molecule has 18 heavy (non-hydrogen) atoms. The monoisotopic (exact) mass is 257 g/mol. The molecule has 0 amide bonds. The zero-order valence-corrected chi connectivity index (χ0v) is 11.3. The van der Waals surface area contributed by atoms with E-state index in [1.165, 1.54) is 0 Å². The number of aryl methyl sites for hydroxylation is 1. The standard InChI is InChI=1S/C13H23NO4/c1-14-5-3-4-13(14)12-18-11-10-17-9-8-16-7-6-15-2/h3-5H,6-12H2,1-2H3. The Morgan fingerprint density at radius 2 is 1.56 bits per heavy atom. The zero-order valence-electron chi connectivity index (χ0n) is 11.3. The van der Waals surface area contributed by atoms with Gasteiger partial charge in [-0.15, -0.1) is 0 Å². The molecule has 1 aromatic heterocycles. The molecule has 0 aromatic carbocycles. The van der Waals surface area contributed by atoms with Gasteiger partial charge in [-0.1, -0.05) is 0 Å². The van der Waals surface area contributed by atoms with Gasteiger partial charge in [0.1, 0.15) is 0 Å². The minimum Gasteiger partial charge on any atom is -0.382 e. The summed E-state index contributed by atoms with van der Waals surface area (Å²) in [7, 11) is 3.66. The maximum Gasteiger partial charge on any atom is 0.0868 e. The Bertz CT molecular complexity index is 301. The van der Waals surface area contributed by atoms with Gasteiger partial charge >= 0.3 is 0 Å². The maximum atomic E-state index is 5.50. The van der Waals surface area contributed by atoms with Crippen LogP contribution < -0.4 is 0 Å². The van der Waals surface area contributed by atoms with Crippen molar-refractivity contribution in [3.63, 3.8) is 0 Å². The number of nitrogens with zero attached hydrogens (tertiary/aromatic N) is 1. The van der Waals surface area contributed by atoms with E-state index in [1.54, 1.807) is 7.11 Å². The van der Waals surface area contributed by atoms with Gasteiger partial charge in [-0.25, -0.2) is 0 Å². The highest BCUT2D eigenvalue weighted by atomic mass is 16.6. The summed E-state index contributed by atoms with van der Waals surface area (Å²) in [5, 5.41) is 0. The molecule has 0 aliphatic carbocycles. The number of ether oxygens (including phenoxy) is 4. The molecule has 0 N–H and O–H groups in total. The number of methoxy groups -OCH3 is 1. The number of hydrogen-bond acceptors (Lipinski definition) is 4. The van der Waals surface area contributed by atoms with Crippen molar-refractivity contribution in [2.75, 3.05) is 46.8 Å². The van der Waals surface area contributed by atoms with E-state index in [9.17, 15) is 0 Å². The highest BCUT2D eigenvalue weighted by Crippen LogP contribution is 2.00. The summed E-state index contributed by atoms with van der Waals surface area (Å²) in [6.45, 7) is 4.25. The van der Waals surface area contributed by atoms with Gasteiger partial charge in [0.2, 0.25) is 0 Å². The predicted molar refractivity (Wildman–Crippen MR) is 68.6 cm³/mol. The number of rotatable bonds is 11. The molecule has 0 saturated carbocycles. The SMILES string of the molecule is COCCOCCOCCOCc1cccn1C. The van der Waals surface area contributed by atoms with E-state index in [-0.39, 0.29) is 0 Å². The average Bonchev–Trinajstić information content (AvgIpc) is 2.77. The van der Waals surface area contributed by atoms with E-state index in [2.05, 4.69) is 0 Å². The Kier molecular flexibility index (Phi) is 8.50. The quantitative estimate of drug-likeness (QED) is 0.559. The van der Waals surface area contributed by atoms with Gasteiger partial charge in [0.25, 0.3) is 0 Å². The summed E-state index contributed by atoms with van der Waals surface area (Å²) in [5.41, 5.74) is 1.16. The van der Waals surface area contributed by atoms with E-state index in [1.807, 2.05) is 29.9 Å². The molecule has 1 aromatic rings. The third-order valence-electron chi connectivity index (χ3n) is 2.48. The van der Waals surface area contributed by atoms with Crippen LogP contribution in [-0.2, 0) is 32.6 Å². The molecule has 0 fully saturated rings. The summed E-state index contributed by atoms with van der Waals surface area (Å²) in [6, 6.07) is 4.05. The zero-order chi connectivity index (χ0) is 13.1. The summed E-state index contributed by atoms with van der Waals surface area (Å²) in [5.74, 6) is 0. The molecule has 104 valence electrons. The fraction of sp³-hybridized carbons (Fsp3) is 0.692. The van der Waals surface area contributed by atoms with E-state index in [0.29, 0.717) is 46.2 Å². The number of aromatic nitrogens is 1. The van der Waals surface area contributed by atoms with Gasteiger partial charge in [-0.05, 0) is 12.1 Å². The first-order chi connectivity index (χ1) is 8.84. The molecule has 1 heterocycles. The van der Waals surface area contributed by atoms with Crippen molar-refractivity contribution in [3.05, 3.63) is 24.0 Å². The van der Waals surface area contributed by atoms with Crippen molar-refractivity contribution >= 4 is 0 Å². The summed E-state index contributed by atoms with van der Waals surface area (Å²) in [6.07, 6.45) is 2.01. The van der Waals surface area contributed by atoms with E-state index >= 15 is 0 Å². The predicted octanol–water partition coefficient (Wildman–Crippen LogP) is 1.22. The largest absolute Gasteiger partial charge is 0.382 e. The molecule has 0 spiro atoms. The molecule has 5 nitrogen and oxygen atoms in total. The second-order valence-corrected chi connectivity index (χ2v) is 3.88. The number of hydrogen-bond donors (Lipinski definition) is 0. The molecule has 0 aliphatic heterocycles. The van der Waals surface area contributed by atoms with Crippen LogP contribution in [0.2, 0.25) is 0 Å². The third-order valence-corrected chi connectivity index (χ3v) is 2.48. The van der Waals surface area contributed by atoms with Crippen molar-refractivity contribution in [1.29, 1.82) is 0 Å². The minimum atomic E-state index is 0.594. The molecule has 0 radical (unpaired) electrons. The molecule has 0 bridgehead atoms. The van der Waals surface area contributed by atoms with Gasteiger partial charge in [0.15, 0.2) is 0 Å². The summed E-state index contributed by atoms with van der Waals surface area (Å²) < 4.78 is 23.0. The Morgan fingerprint density at radius 3 is 2.11 bits per heavy atom. The van der Waals surface area contributed by atoms with Crippen LogP contribution in [0.25, 0.3) is 0 Å². The first-order valence-corrected chi connectivity index (χ1v) is 6.17. The highest BCUT2D eigenvalue weighted by Gasteiger charge is 1.96. The molecule has 0 aliphatic rings. The molecule has 0 atom stereocenters. The molecular weight excluding hydrogens is 234 g/mol. The Morgan fingerprint density at radius 1 is 0.944 bits per heavy atom. The van der Waals surface area contributed by atoms with Crippen LogP contribution in [-0.4, -0.2) is 51.3 Å². The molecular formula is C13H23NO4. The van der Waals surface area contributed by atoms with Crippen LogP contribution in [0.1, 0.15) is 5.69 Å². The van der Waals surface area contributed by atoms with E-state index < -0.39 is 0 Å². The first kappa shape index (κ1) is 15.2. The lowest BCUT2D eigenvalue weighted by atomic mass is 10.4. The first-order valence-electron chi connectivity index (χ1n) is 6.17. The van der Waals surface area contributed by atoms with Gasteiger partial charge < -0.3 is 23.5 Å². The normalized spacial score (nSPS) is 11.0. The molecule has 0 unspecified atom stereocenters. The van der Waals surface area contributed by atoms with Crippen molar-refractivity contribution in [1.82, 2.24) is 4.57 Å². The average molecular weight is 257 g/mol. The topological polar surface area (TPSA) is 41.9 Å². The minimum absolute atomic E-state index is 0.594. The van der Waals surface area contributed by atoms with Crippen LogP contribution in [0.15, 0.2) is 18.3 Å². The van der Waals surface area contributed by atoms with Gasteiger partial charge in [0.05, 0.1) is 46.2 Å². The van der Waals surface area contributed by atoms with Crippen LogP contribution >= 0.6 is 0 Å². The Hall–Kier alpha value is -0.880. The lowest BCUT2D eigenvalue weighted by Crippen LogP contribution is -2.11. The van der Waals surface area contributed by atoms with Crippen molar-refractivity contribution in [2.24, 2.45) is 7.05 Å². The molecule has 1 rings (SSSR count). The lowest BCUT2D eigenvalue weighted by Gasteiger charge is -2.07. The lowest BCUT2D eigenvalue weighted by molar-refractivity contribution is 0.000216. The molecule has 0 saturated heterocycles. The second kappa shape index (κ2) is 10.1. The van der Waals surface area contributed by atoms with Crippen LogP contribution in [0.3, 0.4) is 0 Å². The third kappa shape index (κ3) is 6.76. The summed E-state index contributed by atoms with van der Waals surface area (Å²) >= 11 is 0. The van der Waals surface area contributed by atoms with Crippen LogP contribution in [0.4, 0.5) is 0 Å². The second-order valence-electron chi connectivity index (χ2n) is 3.88. The van der Waals surface area contributed by atoms with E-state index in [4.69, 9.17) is 18.9 Å². The smallest absolute Gasteiger partial charge is 0.0868 e. The van der Waals surface area contributed by atoms with Crippen molar-refractivity contribution < 1.29 is 18.9 Å².